The molecule has 1 aromatic rings. The summed E-state index contributed by atoms with van der Waals surface area (Å²) < 4.78 is 0. The van der Waals surface area contributed by atoms with Gasteiger partial charge in [-0.15, -0.1) is 0 Å². The minimum Gasteiger partial charge on any atom is -0.385 e. The van der Waals surface area contributed by atoms with Crippen molar-refractivity contribution in [2.24, 2.45) is 0 Å². The molecule has 0 atom stereocenters. The number of nitro benzene ring substituents is 1. The Morgan fingerprint density at radius 2 is 1.76 bits per heavy atom. The number of amides is 3. The molecular weight excluding hydrogens is 328 g/mol. The third-order valence-corrected chi connectivity index (χ3v) is 3.80. The number of carbonyl (C=O) groups is 3. The van der Waals surface area contributed by atoms with Crippen molar-refractivity contribution in [2.45, 2.75) is 25.7 Å². The molecule has 0 spiro atoms. The van der Waals surface area contributed by atoms with Gasteiger partial charge in [-0.05, 0) is 18.6 Å². The number of likely N-dealkylation sites (tertiary alicyclic amines) is 1. The van der Waals surface area contributed by atoms with Crippen LogP contribution in [0.2, 0.25) is 0 Å². The summed E-state index contributed by atoms with van der Waals surface area (Å²) in [6.07, 6.45) is 1.40. The Hall–Kier alpha value is -2.97. The van der Waals surface area contributed by atoms with Crippen LogP contribution in [-0.2, 0) is 14.4 Å². The molecule has 1 aromatic carbocycles. The van der Waals surface area contributed by atoms with Crippen LogP contribution in [0.1, 0.15) is 25.7 Å². The smallest absolute Gasteiger partial charge is 0.269 e. The summed E-state index contributed by atoms with van der Waals surface area (Å²) in [4.78, 5) is 45.8. The summed E-state index contributed by atoms with van der Waals surface area (Å²) in [6, 6.07) is 6.05. The Bertz CT molecular complexity index is 643. The summed E-state index contributed by atoms with van der Waals surface area (Å²) in [5.41, 5.74) is 0.775. The summed E-state index contributed by atoms with van der Waals surface area (Å²) in [5.74, 6) is -0.525. The maximum absolute atomic E-state index is 11.7. The van der Waals surface area contributed by atoms with Gasteiger partial charge in [0.15, 0.2) is 0 Å². The number of nitrogens with one attached hydrogen (secondary N) is 2. The van der Waals surface area contributed by atoms with Crippen LogP contribution in [0.25, 0.3) is 0 Å². The van der Waals surface area contributed by atoms with Crippen molar-refractivity contribution in [1.82, 2.24) is 10.2 Å². The maximum atomic E-state index is 11.7. The number of rotatable bonds is 9. The lowest BCUT2D eigenvalue weighted by molar-refractivity contribution is -0.384. The van der Waals surface area contributed by atoms with Crippen molar-refractivity contribution in [3.63, 3.8) is 0 Å². The first-order valence-electron chi connectivity index (χ1n) is 8.05. The molecule has 3 amide bonds. The van der Waals surface area contributed by atoms with Gasteiger partial charge in [-0.2, -0.15) is 0 Å². The third kappa shape index (κ3) is 5.55. The molecule has 0 aliphatic carbocycles. The molecule has 0 radical (unpaired) electrons. The normalized spacial score (nSPS) is 13.8. The topological polar surface area (TPSA) is 122 Å². The van der Waals surface area contributed by atoms with E-state index < -0.39 is 4.92 Å². The van der Waals surface area contributed by atoms with E-state index in [1.54, 1.807) is 12.1 Å². The van der Waals surface area contributed by atoms with Gasteiger partial charge in [0, 0.05) is 56.7 Å². The van der Waals surface area contributed by atoms with Crippen LogP contribution in [0.15, 0.2) is 24.3 Å². The largest absolute Gasteiger partial charge is 0.385 e. The van der Waals surface area contributed by atoms with Gasteiger partial charge in [0.1, 0.15) is 0 Å². The molecule has 1 saturated heterocycles. The average Bonchev–Trinajstić information content (AvgIpc) is 2.91. The predicted molar refractivity (Wildman–Crippen MR) is 89.8 cm³/mol. The molecule has 1 fully saturated rings. The van der Waals surface area contributed by atoms with E-state index in [1.807, 2.05) is 0 Å². The Kier molecular flexibility index (Phi) is 6.44. The predicted octanol–water partition coefficient (Wildman–Crippen LogP) is 1.05. The summed E-state index contributed by atoms with van der Waals surface area (Å²) in [6.45, 7) is 1.02. The highest BCUT2D eigenvalue weighted by atomic mass is 16.6. The van der Waals surface area contributed by atoms with Gasteiger partial charge in [0.25, 0.3) is 5.69 Å². The highest BCUT2D eigenvalue weighted by Crippen LogP contribution is 2.15. The van der Waals surface area contributed by atoms with Crippen LogP contribution >= 0.6 is 0 Å². The zero-order chi connectivity index (χ0) is 18.2. The molecule has 2 rings (SSSR count). The lowest BCUT2D eigenvalue weighted by Crippen LogP contribution is -2.37. The number of non-ortho nitro benzene ring substituents is 1. The fraction of sp³-hybridized carbons (Fsp3) is 0.438. The van der Waals surface area contributed by atoms with Crippen LogP contribution in [-0.4, -0.2) is 47.2 Å². The number of nitro groups is 1. The quantitative estimate of drug-likeness (QED) is 0.298. The molecular formula is C16H20N4O5. The second kappa shape index (κ2) is 8.76. The van der Waals surface area contributed by atoms with Crippen molar-refractivity contribution < 1.29 is 19.3 Å². The minimum atomic E-state index is -0.461. The van der Waals surface area contributed by atoms with E-state index in [9.17, 15) is 24.5 Å². The first kappa shape index (κ1) is 18.4. The lowest BCUT2D eigenvalue weighted by atomic mass is 10.2. The van der Waals surface area contributed by atoms with Crippen LogP contribution in [0.3, 0.4) is 0 Å². The van der Waals surface area contributed by atoms with Crippen molar-refractivity contribution in [3.8, 4) is 0 Å². The highest BCUT2D eigenvalue weighted by molar-refractivity contribution is 6.01. The molecule has 1 aliphatic heterocycles. The maximum Gasteiger partial charge on any atom is 0.269 e. The van der Waals surface area contributed by atoms with E-state index >= 15 is 0 Å². The lowest BCUT2D eigenvalue weighted by Gasteiger charge is -2.14. The van der Waals surface area contributed by atoms with E-state index in [0.717, 1.165) is 5.69 Å². The van der Waals surface area contributed by atoms with Gasteiger partial charge in [-0.3, -0.25) is 29.4 Å². The Labute approximate surface area is 144 Å². The Morgan fingerprint density at radius 1 is 1.12 bits per heavy atom. The molecule has 2 N–H and O–H groups in total. The Balaban J connectivity index is 1.58. The Morgan fingerprint density at radius 3 is 2.36 bits per heavy atom. The standard InChI is InChI=1S/C16H20N4O5/c21-14(18-10-11-19-15(22)7-8-16(19)23)2-1-9-17-12-3-5-13(6-4-12)20(24)25/h3-6,17H,1-2,7-11H2,(H,18,21). The van der Waals surface area contributed by atoms with E-state index in [4.69, 9.17) is 0 Å². The fourth-order valence-electron chi connectivity index (χ4n) is 2.45. The molecule has 9 nitrogen and oxygen atoms in total. The monoisotopic (exact) mass is 348 g/mol. The zero-order valence-corrected chi connectivity index (χ0v) is 13.7. The first-order valence-corrected chi connectivity index (χ1v) is 8.05. The van der Waals surface area contributed by atoms with Crippen molar-refractivity contribution in [2.75, 3.05) is 25.0 Å². The molecule has 1 heterocycles. The number of hydrogen-bond acceptors (Lipinski definition) is 6. The minimum absolute atomic E-state index is 0.0277. The second-order valence-corrected chi connectivity index (χ2v) is 5.62. The van der Waals surface area contributed by atoms with E-state index in [0.29, 0.717) is 19.4 Å². The summed E-state index contributed by atoms with van der Waals surface area (Å²) in [5, 5.41) is 16.3. The molecule has 0 aromatic heterocycles. The number of hydrogen-bond donors (Lipinski definition) is 2. The van der Waals surface area contributed by atoms with Gasteiger partial charge < -0.3 is 10.6 Å². The molecule has 25 heavy (non-hydrogen) atoms. The van der Waals surface area contributed by atoms with E-state index in [1.165, 1.54) is 17.0 Å². The van der Waals surface area contributed by atoms with Gasteiger partial charge in [0.05, 0.1) is 4.92 Å². The molecule has 9 heteroatoms. The van der Waals surface area contributed by atoms with Crippen molar-refractivity contribution in [1.29, 1.82) is 0 Å². The van der Waals surface area contributed by atoms with Crippen LogP contribution < -0.4 is 10.6 Å². The van der Waals surface area contributed by atoms with Gasteiger partial charge in [-0.1, -0.05) is 0 Å². The molecule has 0 saturated carbocycles. The first-order chi connectivity index (χ1) is 12.0. The van der Waals surface area contributed by atoms with Crippen LogP contribution in [0.4, 0.5) is 11.4 Å². The number of anilines is 1. The molecule has 134 valence electrons. The fourth-order valence-corrected chi connectivity index (χ4v) is 2.45. The third-order valence-electron chi connectivity index (χ3n) is 3.80. The van der Waals surface area contributed by atoms with Crippen molar-refractivity contribution in [3.05, 3.63) is 34.4 Å². The van der Waals surface area contributed by atoms with Crippen molar-refractivity contribution >= 4 is 29.1 Å². The number of nitrogens with zero attached hydrogens (tertiary/aromatic N) is 2. The summed E-state index contributed by atoms with van der Waals surface area (Å²) >= 11 is 0. The molecule has 0 unspecified atom stereocenters. The SMILES string of the molecule is O=C(CCCNc1ccc([N+](=O)[O-])cc1)NCCN1C(=O)CCC1=O. The van der Waals surface area contributed by atoms with Gasteiger partial charge in [-0.25, -0.2) is 0 Å². The van der Waals surface area contributed by atoms with Crippen LogP contribution in [0.5, 0.6) is 0 Å². The van der Waals surface area contributed by atoms with E-state index in [2.05, 4.69) is 10.6 Å². The van der Waals surface area contributed by atoms with Crippen LogP contribution in [0, 0.1) is 10.1 Å². The van der Waals surface area contributed by atoms with Gasteiger partial charge >= 0.3 is 0 Å². The molecule has 1 aliphatic rings. The number of imide groups is 1. The molecule has 0 bridgehead atoms. The number of carbonyl (C=O) groups excluding carboxylic acids is 3. The van der Waals surface area contributed by atoms with E-state index in [-0.39, 0.29) is 49.3 Å². The highest BCUT2D eigenvalue weighted by Gasteiger charge is 2.28. The summed E-state index contributed by atoms with van der Waals surface area (Å²) in [7, 11) is 0. The second-order valence-electron chi connectivity index (χ2n) is 5.62. The van der Waals surface area contributed by atoms with Gasteiger partial charge in [0.2, 0.25) is 17.7 Å². The number of benzene rings is 1. The average molecular weight is 348 g/mol. The zero-order valence-electron chi connectivity index (χ0n) is 13.7.